The fourth-order valence-electron chi connectivity index (χ4n) is 1.75. The van der Waals surface area contributed by atoms with Gasteiger partial charge in [-0.15, -0.1) is 0 Å². The molecule has 2 aromatic heterocycles. The molecule has 0 bridgehead atoms. The first-order valence-electron chi connectivity index (χ1n) is 6.19. The van der Waals surface area contributed by atoms with Crippen molar-refractivity contribution in [2.45, 2.75) is 32.9 Å². The van der Waals surface area contributed by atoms with E-state index >= 15 is 0 Å². The highest BCUT2D eigenvalue weighted by molar-refractivity contribution is 9.10. The number of aromatic nitrogens is 3. The standard InChI is InChI=1S/C13H15BrF2N4/c1-8(2)17-5-9-6-19-20(12(9)13(15)16)11-4-3-10(14)7-18-11/h3-4,6-8,13,17H,5H2,1-2H3. The lowest BCUT2D eigenvalue weighted by molar-refractivity contribution is 0.141. The highest BCUT2D eigenvalue weighted by atomic mass is 79.9. The summed E-state index contributed by atoms with van der Waals surface area (Å²) in [5.41, 5.74) is 0.367. The molecule has 0 atom stereocenters. The molecule has 2 aromatic rings. The number of hydrogen-bond donors (Lipinski definition) is 1. The SMILES string of the molecule is CC(C)NCc1cnn(-c2ccc(Br)cn2)c1C(F)F. The maximum Gasteiger partial charge on any atom is 0.280 e. The van der Waals surface area contributed by atoms with Crippen LogP contribution in [0.15, 0.2) is 29.0 Å². The molecule has 0 radical (unpaired) electrons. The van der Waals surface area contributed by atoms with Crippen molar-refractivity contribution in [3.8, 4) is 5.82 Å². The van der Waals surface area contributed by atoms with Gasteiger partial charge >= 0.3 is 0 Å². The van der Waals surface area contributed by atoms with Gasteiger partial charge in [0, 0.05) is 28.8 Å². The lowest BCUT2D eigenvalue weighted by atomic mass is 10.2. The van der Waals surface area contributed by atoms with Crippen molar-refractivity contribution in [3.05, 3.63) is 40.3 Å². The molecule has 1 N–H and O–H groups in total. The Balaban J connectivity index is 2.36. The van der Waals surface area contributed by atoms with Crippen molar-refractivity contribution < 1.29 is 8.78 Å². The van der Waals surface area contributed by atoms with Crippen molar-refractivity contribution >= 4 is 15.9 Å². The summed E-state index contributed by atoms with van der Waals surface area (Å²) in [7, 11) is 0. The summed E-state index contributed by atoms with van der Waals surface area (Å²) in [4.78, 5) is 4.10. The van der Waals surface area contributed by atoms with E-state index < -0.39 is 6.43 Å². The van der Waals surface area contributed by atoms with Crippen LogP contribution in [-0.4, -0.2) is 20.8 Å². The first-order chi connectivity index (χ1) is 9.49. The Bertz CT molecular complexity index is 566. The third-order valence-electron chi connectivity index (χ3n) is 2.72. The van der Waals surface area contributed by atoms with Gasteiger partial charge in [-0.1, -0.05) is 13.8 Å². The molecule has 0 saturated heterocycles. The molecule has 20 heavy (non-hydrogen) atoms. The topological polar surface area (TPSA) is 42.7 Å². The summed E-state index contributed by atoms with van der Waals surface area (Å²) in [6.07, 6.45) is 0.408. The van der Waals surface area contributed by atoms with Gasteiger partial charge in [0.1, 0.15) is 5.69 Å². The zero-order valence-electron chi connectivity index (χ0n) is 11.1. The second-order valence-electron chi connectivity index (χ2n) is 4.64. The van der Waals surface area contributed by atoms with E-state index in [1.54, 1.807) is 18.3 Å². The van der Waals surface area contributed by atoms with Crippen LogP contribution in [0.1, 0.15) is 31.5 Å². The first-order valence-corrected chi connectivity index (χ1v) is 6.98. The highest BCUT2D eigenvalue weighted by Gasteiger charge is 2.21. The smallest absolute Gasteiger partial charge is 0.280 e. The fraction of sp³-hybridized carbons (Fsp3) is 0.385. The van der Waals surface area contributed by atoms with E-state index in [0.29, 0.717) is 17.9 Å². The largest absolute Gasteiger partial charge is 0.310 e. The quantitative estimate of drug-likeness (QED) is 0.903. The molecule has 2 rings (SSSR count). The van der Waals surface area contributed by atoms with E-state index in [1.807, 2.05) is 13.8 Å². The predicted molar refractivity (Wildman–Crippen MR) is 76.0 cm³/mol. The average Bonchev–Trinajstić information content (AvgIpc) is 2.81. The number of alkyl halides is 2. The Morgan fingerprint density at radius 2 is 2.05 bits per heavy atom. The van der Waals surface area contributed by atoms with Crippen LogP contribution < -0.4 is 5.32 Å². The third kappa shape index (κ3) is 3.40. The molecule has 108 valence electrons. The van der Waals surface area contributed by atoms with Crippen LogP contribution in [0.2, 0.25) is 0 Å². The van der Waals surface area contributed by atoms with Gasteiger partial charge in [0.25, 0.3) is 6.43 Å². The van der Waals surface area contributed by atoms with Crippen LogP contribution in [0, 0.1) is 0 Å². The minimum absolute atomic E-state index is 0.118. The molecule has 0 aliphatic heterocycles. The Morgan fingerprint density at radius 3 is 2.60 bits per heavy atom. The summed E-state index contributed by atoms with van der Waals surface area (Å²) in [6.45, 7) is 4.28. The molecular formula is C13H15BrF2N4. The third-order valence-corrected chi connectivity index (χ3v) is 3.19. The van der Waals surface area contributed by atoms with E-state index in [9.17, 15) is 8.78 Å². The molecule has 0 aliphatic carbocycles. The second-order valence-corrected chi connectivity index (χ2v) is 5.55. The average molecular weight is 345 g/mol. The second kappa shape index (κ2) is 6.41. The number of hydrogen-bond acceptors (Lipinski definition) is 3. The minimum Gasteiger partial charge on any atom is -0.310 e. The van der Waals surface area contributed by atoms with Crippen molar-refractivity contribution in [2.75, 3.05) is 0 Å². The van der Waals surface area contributed by atoms with E-state index in [1.165, 1.54) is 10.9 Å². The number of rotatable bonds is 5. The van der Waals surface area contributed by atoms with E-state index in [2.05, 4.69) is 31.3 Å². The van der Waals surface area contributed by atoms with E-state index in [4.69, 9.17) is 0 Å². The number of nitrogens with zero attached hydrogens (tertiary/aromatic N) is 3. The van der Waals surface area contributed by atoms with Crippen molar-refractivity contribution in [2.24, 2.45) is 0 Å². The minimum atomic E-state index is -2.60. The number of nitrogens with one attached hydrogen (secondary N) is 1. The molecule has 0 amide bonds. The van der Waals surface area contributed by atoms with Gasteiger partial charge in [0.05, 0.1) is 6.20 Å². The Labute approximate surface area is 124 Å². The van der Waals surface area contributed by atoms with Gasteiger partial charge in [0.15, 0.2) is 5.82 Å². The summed E-state index contributed by atoms with van der Waals surface area (Å²) < 4.78 is 28.5. The Morgan fingerprint density at radius 1 is 1.30 bits per heavy atom. The van der Waals surface area contributed by atoms with Gasteiger partial charge in [0.2, 0.25) is 0 Å². The summed E-state index contributed by atoms with van der Waals surface area (Å²) >= 11 is 3.26. The lowest BCUT2D eigenvalue weighted by Gasteiger charge is -2.10. The molecule has 2 heterocycles. The van der Waals surface area contributed by atoms with Gasteiger partial charge in [-0.3, -0.25) is 0 Å². The van der Waals surface area contributed by atoms with E-state index in [0.717, 1.165) is 4.47 Å². The summed E-state index contributed by atoms with van der Waals surface area (Å²) in [5.74, 6) is 0.374. The maximum absolute atomic E-state index is 13.3. The van der Waals surface area contributed by atoms with Crippen LogP contribution in [0.5, 0.6) is 0 Å². The van der Waals surface area contributed by atoms with Crippen molar-refractivity contribution in [3.63, 3.8) is 0 Å². The molecule has 0 saturated carbocycles. The molecule has 0 fully saturated rings. The van der Waals surface area contributed by atoms with Crippen molar-refractivity contribution in [1.29, 1.82) is 0 Å². The predicted octanol–water partition coefficient (Wildman–Crippen LogP) is 3.47. The molecular weight excluding hydrogens is 330 g/mol. The van der Waals surface area contributed by atoms with Crippen LogP contribution >= 0.6 is 15.9 Å². The van der Waals surface area contributed by atoms with Gasteiger partial charge in [-0.05, 0) is 28.1 Å². The number of pyridine rings is 1. The monoisotopic (exact) mass is 344 g/mol. The number of halogens is 3. The fourth-order valence-corrected chi connectivity index (χ4v) is 1.99. The maximum atomic E-state index is 13.3. The molecule has 0 aromatic carbocycles. The van der Waals surface area contributed by atoms with Crippen LogP contribution in [0.4, 0.5) is 8.78 Å². The lowest BCUT2D eigenvalue weighted by Crippen LogP contribution is -2.22. The molecule has 7 heteroatoms. The van der Waals surface area contributed by atoms with Gasteiger partial charge in [-0.25, -0.2) is 18.4 Å². The normalized spacial score (nSPS) is 11.6. The van der Waals surface area contributed by atoms with Crippen LogP contribution in [0.3, 0.4) is 0 Å². The summed E-state index contributed by atoms with van der Waals surface area (Å²) in [6, 6.07) is 3.60. The van der Waals surface area contributed by atoms with Gasteiger partial charge < -0.3 is 5.32 Å². The summed E-state index contributed by atoms with van der Waals surface area (Å²) in [5, 5.41) is 7.15. The molecule has 0 aliphatic rings. The van der Waals surface area contributed by atoms with Crippen molar-refractivity contribution in [1.82, 2.24) is 20.1 Å². The van der Waals surface area contributed by atoms with Gasteiger partial charge in [-0.2, -0.15) is 5.10 Å². The van der Waals surface area contributed by atoms with Crippen LogP contribution in [0.25, 0.3) is 5.82 Å². The zero-order chi connectivity index (χ0) is 14.7. The zero-order valence-corrected chi connectivity index (χ0v) is 12.7. The van der Waals surface area contributed by atoms with Crippen LogP contribution in [-0.2, 0) is 6.54 Å². The molecule has 4 nitrogen and oxygen atoms in total. The highest BCUT2D eigenvalue weighted by Crippen LogP contribution is 2.25. The Hall–Kier alpha value is -1.34. The Kier molecular flexibility index (Phi) is 4.82. The molecule has 0 spiro atoms. The first kappa shape index (κ1) is 15.1. The van der Waals surface area contributed by atoms with E-state index in [-0.39, 0.29) is 11.7 Å². The molecule has 0 unspecified atom stereocenters.